The van der Waals surface area contributed by atoms with Crippen molar-refractivity contribution in [1.29, 1.82) is 0 Å². The van der Waals surface area contributed by atoms with Crippen LogP contribution in [0.3, 0.4) is 0 Å². The number of halogens is 3. The van der Waals surface area contributed by atoms with Crippen LogP contribution in [0.1, 0.15) is 28.6 Å². The summed E-state index contributed by atoms with van der Waals surface area (Å²) in [7, 11) is 0. The van der Waals surface area contributed by atoms with Gasteiger partial charge in [-0.3, -0.25) is 15.1 Å². The molecule has 0 spiro atoms. The van der Waals surface area contributed by atoms with Crippen LogP contribution in [0.5, 0.6) is 0 Å². The van der Waals surface area contributed by atoms with E-state index in [1.165, 1.54) is 0 Å². The molecule has 185 valence electrons. The maximum atomic E-state index is 12.8. The molecule has 1 radical (unpaired) electrons. The van der Waals surface area contributed by atoms with E-state index in [1.807, 2.05) is 84.9 Å². The molecule has 4 nitrogen and oxygen atoms in total. The Labute approximate surface area is 226 Å². The summed E-state index contributed by atoms with van der Waals surface area (Å²) in [5.41, 5.74) is 1.41. The topological polar surface area (TPSA) is 43.6 Å². The van der Waals surface area contributed by atoms with Gasteiger partial charge in [-0.25, -0.2) is 0 Å². The molecular weight excluding hydrogens is 662 g/mol. The average Bonchev–Trinajstić information content (AvgIpc) is 3.38. The summed E-state index contributed by atoms with van der Waals surface area (Å²) in [6.45, 7) is 0. The molecule has 5 rings (SSSR count). The third kappa shape index (κ3) is 7.07. The molecule has 1 unspecified atom stereocenters. The van der Waals surface area contributed by atoms with Gasteiger partial charge >= 0.3 is 6.18 Å². The predicted octanol–water partition coefficient (Wildman–Crippen LogP) is 6.25. The van der Waals surface area contributed by atoms with Crippen LogP contribution >= 0.6 is 0 Å². The smallest absolute Gasteiger partial charge is 0.388 e. The van der Waals surface area contributed by atoms with E-state index < -0.39 is 11.9 Å². The molecule has 0 aliphatic rings. The standard InChI is InChI=1S/C21H14F3N4.C6H6S.Ir/c22-21(23,24)18-12-14-28(27-18)19-11-6-10-17(26-19)20(15-7-2-1-3-8-15)16-9-4-5-13-25-16;7-6-4-2-1-3-5-6;/h1-13,20H;1-5,7H;/q-1;;/p-1. The molecule has 0 N–H and O–H groups in total. The van der Waals surface area contributed by atoms with Gasteiger partial charge in [0.05, 0.1) is 23.1 Å². The number of rotatable bonds is 4. The van der Waals surface area contributed by atoms with Gasteiger partial charge in [-0.15, -0.1) is 6.07 Å². The SMILES string of the molecule is FC(F)(F)c1c[c-]n(-c2cccc(C(c3ccccc3)c3ccccn3)n2)n1.[Ir].[S-]c1ccccc1. The van der Waals surface area contributed by atoms with Crippen LogP contribution in [-0.2, 0) is 38.9 Å². The van der Waals surface area contributed by atoms with E-state index in [-0.39, 0.29) is 31.8 Å². The van der Waals surface area contributed by atoms with Crippen molar-refractivity contribution < 1.29 is 33.3 Å². The Kier molecular flexibility index (Phi) is 9.47. The maximum absolute atomic E-state index is 12.8. The van der Waals surface area contributed by atoms with Gasteiger partial charge in [-0.05, 0) is 23.8 Å². The second-order valence-electron chi connectivity index (χ2n) is 7.40. The van der Waals surface area contributed by atoms with Crippen LogP contribution in [0.4, 0.5) is 13.2 Å². The number of aromatic nitrogens is 4. The Balaban J connectivity index is 0.000000391. The largest absolute Gasteiger partial charge is 0.780 e. The molecule has 2 aromatic carbocycles. The Morgan fingerprint density at radius 3 is 1.97 bits per heavy atom. The Morgan fingerprint density at radius 1 is 0.778 bits per heavy atom. The summed E-state index contributed by atoms with van der Waals surface area (Å²) in [5, 5.41) is 3.56. The zero-order chi connectivity index (χ0) is 24.7. The van der Waals surface area contributed by atoms with Crippen molar-refractivity contribution in [2.45, 2.75) is 17.0 Å². The van der Waals surface area contributed by atoms with Crippen LogP contribution in [-0.4, -0.2) is 19.7 Å². The zero-order valence-corrected chi connectivity index (χ0v) is 21.8. The van der Waals surface area contributed by atoms with Gasteiger partial charge in [0.1, 0.15) is 0 Å². The Morgan fingerprint density at radius 2 is 1.42 bits per heavy atom. The number of hydrogen-bond acceptors (Lipinski definition) is 4. The number of nitrogens with zero attached hydrogens (tertiary/aromatic N) is 4. The zero-order valence-electron chi connectivity index (χ0n) is 18.6. The minimum absolute atomic E-state index is 0. The quantitative estimate of drug-likeness (QED) is 0.166. The summed E-state index contributed by atoms with van der Waals surface area (Å²) in [4.78, 5) is 9.91. The average molecular weight is 681 g/mol. The molecule has 0 bridgehead atoms. The molecular formula is C27H19F3IrN4S-2. The van der Waals surface area contributed by atoms with Crippen molar-refractivity contribution in [2.75, 3.05) is 0 Å². The van der Waals surface area contributed by atoms with Crippen LogP contribution in [0, 0.1) is 6.20 Å². The second kappa shape index (κ2) is 12.5. The number of hydrogen-bond donors (Lipinski definition) is 0. The summed E-state index contributed by atoms with van der Waals surface area (Å²) in [6, 6.07) is 30.9. The minimum atomic E-state index is -4.53. The summed E-state index contributed by atoms with van der Waals surface area (Å²) < 4.78 is 39.5. The first-order chi connectivity index (χ1) is 16.9. The van der Waals surface area contributed by atoms with E-state index in [0.29, 0.717) is 5.69 Å². The van der Waals surface area contributed by atoms with Gasteiger partial charge in [0.15, 0.2) is 0 Å². The molecule has 9 heteroatoms. The third-order valence-corrected chi connectivity index (χ3v) is 5.22. The number of alkyl halides is 3. The Hall–Kier alpha value is -3.39. The fourth-order valence-electron chi connectivity index (χ4n) is 3.37. The fraction of sp³-hybridized carbons (Fsp3) is 0.0741. The van der Waals surface area contributed by atoms with Gasteiger partial charge in [-0.2, -0.15) is 18.1 Å². The number of pyridine rings is 2. The first-order valence-corrected chi connectivity index (χ1v) is 11.0. The van der Waals surface area contributed by atoms with E-state index in [0.717, 1.165) is 26.9 Å². The van der Waals surface area contributed by atoms with E-state index in [2.05, 4.69) is 21.3 Å². The summed E-state index contributed by atoms with van der Waals surface area (Å²) >= 11 is 4.81. The van der Waals surface area contributed by atoms with E-state index >= 15 is 0 Å². The van der Waals surface area contributed by atoms with Gasteiger partial charge in [-0.1, -0.05) is 85.1 Å². The van der Waals surface area contributed by atoms with Crippen molar-refractivity contribution >= 4 is 12.6 Å². The molecule has 0 saturated carbocycles. The normalized spacial score (nSPS) is 11.5. The molecule has 5 aromatic rings. The van der Waals surface area contributed by atoms with Crippen molar-refractivity contribution in [3.8, 4) is 5.82 Å². The fourth-order valence-corrected chi connectivity index (χ4v) is 3.52. The van der Waals surface area contributed by atoms with Crippen molar-refractivity contribution in [3.63, 3.8) is 0 Å². The van der Waals surface area contributed by atoms with Gasteiger partial charge in [0.25, 0.3) is 0 Å². The van der Waals surface area contributed by atoms with Crippen LogP contribution < -0.4 is 0 Å². The van der Waals surface area contributed by atoms with Crippen LogP contribution in [0.2, 0.25) is 0 Å². The molecule has 0 saturated heterocycles. The van der Waals surface area contributed by atoms with Crippen molar-refractivity contribution in [1.82, 2.24) is 19.7 Å². The molecule has 1 atom stereocenters. The van der Waals surface area contributed by atoms with Crippen LogP contribution in [0.25, 0.3) is 5.82 Å². The number of benzene rings is 2. The minimum Gasteiger partial charge on any atom is -0.780 e. The first-order valence-electron chi connectivity index (χ1n) is 10.6. The van der Waals surface area contributed by atoms with Gasteiger partial charge in [0, 0.05) is 32.0 Å². The van der Waals surface area contributed by atoms with Crippen LogP contribution in [0.15, 0.2) is 114 Å². The summed E-state index contributed by atoms with van der Waals surface area (Å²) in [5.74, 6) is -0.00939. The molecule has 3 heterocycles. The summed E-state index contributed by atoms with van der Waals surface area (Å²) in [6.07, 6.45) is -0.346. The molecule has 3 aromatic heterocycles. The monoisotopic (exact) mass is 681 g/mol. The van der Waals surface area contributed by atoms with E-state index in [1.54, 1.807) is 18.3 Å². The predicted molar refractivity (Wildman–Crippen MR) is 129 cm³/mol. The molecule has 0 aliphatic carbocycles. The second-order valence-corrected chi connectivity index (χ2v) is 7.87. The Bertz CT molecular complexity index is 1310. The molecule has 36 heavy (non-hydrogen) atoms. The van der Waals surface area contributed by atoms with E-state index in [4.69, 9.17) is 12.6 Å². The van der Waals surface area contributed by atoms with E-state index in [9.17, 15) is 13.2 Å². The van der Waals surface area contributed by atoms with Crippen molar-refractivity contribution in [3.05, 3.63) is 138 Å². The molecule has 0 aliphatic heterocycles. The van der Waals surface area contributed by atoms with Crippen molar-refractivity contribution in [2.24, 2.45) is 0 Å². The molecule has 0 amide bonds. The maximum Gasteiger partial charge on any atom is 0.388 e. The van der Waals surface area contributed by atoms with Gasteiger partial charge in [0.2, 0.25) is 0 Å². The van der Waals surface area contributed by atoms with Gasteiger partial charge < -0.3 is 17.3 Å². The molecule has 0 fully saturated rings. The third-order valence-electron chi connectivity index (χ3n) is 4.95. The first kappa shape index (κ1) is 27.2.